The van der Waals surface area contributed by atoms with Crippen LogP contribution in [0.15, 0.2) is 30.5 Å². The van der Waals surface area contributed by atoms with Crippen molar-refractivity contribution in [1.29, 1.82) is 0 Å². The van der Waals surface area contributed by atoms with Gasteiger partial charge in [-0.1, -0.05) is 6.07 Å². The molecular weight excluding hydrogens is 401 g/mol. The fourth-order valence-electron chi connectivity index (χ4n) is 3.78. The van der Waals surface area contributed by atoms with Crippen LogP contribution in [-0.4, -0.2) is 58.0 Å². The maximum absolute atomic E-state index is 13.2. The summed E-state index contributed by atoms with van der Waals surface area (Å²) in [7, 11) is 1.76. The minimum absolute atomic E-state index is 0.283. The number of carbonyl (C=O) groups excluding carboxylic acids is 1. The van der Waals surface area contributed by atoms with Crippen LogP contribution in [0.1, 0.15) is 41.2 Å². The lowest BCUT2D eigenvalue weighted by atomic mass is 9.98. The summed E-state index contributed by atoms with van der Waals surface area (Å²) in [5, 5.41) is 13.2. The van der Waals surface area contributed by atoms with E-state index >= 15 is 0 Å². The first-order valence-electron chi connectivity index (χ1n) is 10.5. The molecule has 5 rings (SSSR count). The molecule has 1 aliphatic carbocycles. The highest BCUT2D eigenvalue weighted by atomic mass is 19.1. The van der Waals surface area contributed by atoms with Gasteiger partial charge in [-0.2, -0.15) is 9.61 Å². The van der Waals surface area contributed by atoms with Gasteiger partial charge in [0.2, 0.25) is 0 Å². The number of ether oxygens (including phenoxy) is 1. The molecule has 4 heterocycles. The van der Waals surface area contributed by atoms with Crippen LogP contribution in [0.5, 0.6) is 0 Å². The highest BCUT2D eigenvalue weighted by Crippen LogP contribution is 2.27. The van der Waals surface area contributed by atoms with Crippen molar-refractivity contribution < 1.29 is 13.9 Å². The minimum atomic E-state index is -0.975. The largest absolute Gasteiger partial charge is 0.381 e. The Labute approximate surface area is 178 Å². The standard InChI is InChI=1S/C21H24FN7O2/c1-23-19-9-18(27-17-6-2-5-15(25-17)12-4-3-7-31-11-12)28-20-13(10-24-29(19)20)21(30)26-16-8-14(16)22/h2,5-6,9-10,12,14,16,23H,3-4,7-8,11H2,1H3,(H,26,30)(H,25,27,28)/t12?,14-,16+/m0/s1. The number of pyridine rings is 1. The maximum Gasteiger partial charge on any atom is 0.257 e. The molecular formula is C21H24FN7O2. The lowest BCUT2D eigenvalue weighted by Crippen LogP contribution is -2.27. The molecule has 0 bridgehead atoms. The van der Waals surface area contributed by atoms with Gasteiger partial charge in [-0.3, -0.25) is 4.79 Å². The molecule has 1 unspecified atom stereocenters. The number of amides is 1. The second kappa shape index (κ2) is 8.10. The zero-order valence-corrected chi connectivity index (χ0v) is 17.1. The van der Waals surface area contributed by atoms with E-state index in [4.69, 9.17) is 9.72 Å². The van der Waals surface area contributed by atoms with Gasteiger partial charge in [0.1, 0.15) is 29.2 Å². The van der Waals surface area contributed by atoms with Crippen LogP contribution in [-0.2, 0) is 4.74 Å². The average Bonchev–Trinajstić information content (AvgIpc) is 3.31. The second-order valence-corrected chi connectivity index (χ2v) is 7.89. The summed E-state index contributed by atoms with van der Waals surface area (Å²) in [6.07, 6.45) is 2.90. The van der Waals surface area contributed by atoms with Gasteiger partial charge in [0.05, 0.1) is 18.8 Å². The number of nitrogens with one attached hydrogen (secondary N) is 3. The number of carbonyl (C=O) groups is 1. The molecule has 162 valence electrons. The fraction of sp³-hybridized carbons (Fsp3) is 0.429. The molecule has 9 nitrogen and oxygen atoms in total. The Bertz CT molecular complexity index is 1110. The predicted octanol–water partition coefficient (Wildman–Crippen LogP) is 2.64. The van der Waals surface area contributed by atoms with Crippen LogP contribution in [0.4, 0.5) is 21.8 Å². The monoisotopic (exact) mass is 425 g/mol. The number of anilines is 3. The van der Waals surface area contributed by atoms with Gasteiger partial charge in [-0.15, -0.1) is 0 Å². The summed E-state index contributed by atoms with van der Waals surface area (Å²) in [6, 6.07) is 7.20. The normalized spacial score (nSPS) is 22.8. The fourth-order valence-corrected chi connectivity index (χ4v) is 3.78. The van der Waals surface area contributed by atoms with Crippen LogP contribution >= 0.6 is 0 Å². The maximum atomic E-state index is 13.2. The first kappa shape index (κ1) is 19.7. The number of hydrogen-bond donors (Lipinski definition) is 3. The molecule has 10 heteroatoms. The van der Waals surface area contributed by atoms with Crippen molar-refractivity contribution in [2.24, 2.45) is 0 Å². The Morgan fingerprint density at radius 2 is 2.16 bits per heavy atom. The summed E-state index contributed by atoms with van der Waals surface area (Å²) in [5.74, 6) is 1.73. The topological polar surface area (TPSA) is 105 Å². The van der Waals surface area contributed by atoms with Crippen LogP contribution in [0.3, 0.4) is 0 Å². The lowest BCUT2D eigenvalue weighted by molar-refractivity contribution is 0.0793. The van der Waals surface area contributed by atoms with E-state index in [1.807, 2.05) is 18.2 Å². The molecule has 3 aromatic rings. The van der Waals surface area contributed by atoms with E-state index in [0.29, 0.717) is 41.7 Å². The van der Waals surface area contributed by atoms with Crippen molar-refractivity contribution in [3.05, 3.63) is 41.7 Å². The summed E-state index contributed by atoms with van der Waals surface area (Å²) in [6.45, 7) is 1.48. The molecule has 2 fully saturated rings. The van der Waals surface area contributed by atoms with Gasteiger partial charge < -0.3 is 20.7 Å². The Morgan fingerprint density at radius 3 is 2.90 bits per heavy atom. The number of nitrogens with zero attached hydrogens (tertiary/aromatic N) is 4. The third-order valence-corrected chi connectivity index (χ3v) is 5.61. The third kappa shape index (κ3) is 4.02. The molecule has 0 spiro atoms. The molecule has 1 aliphatic heterocycles. The zero-order valence-electron chi connectivity index (χ0n) is 17.1. The number of aromatic nitrogens is 4. The predicted molar refractivity (Wildman–Crippen MR) is 114 cm³/mol. The van der Waals surface area contributed by atoms with Crippen LogP contribution < -0.4 is 16.0 Å². The van der Waals surface area contributed by atoms with Crippen LogP contribution in [0.25, 0.3) is 5.65 Å². The summed E-state index contributed by atoms with van der Waals surface area (Å²) >= 11 is 0. The minimum Gasteiger partial charge on any atom is -0.381 e. The smallest absolute Gasteiger partial charge is 0.257 e. The van der Waals surface area contributed by atoms with E-state index in [1.54, 1.807) is 17.6 Å². The molecule has 3 atom stereocenters. The summed E-state index contributed by atoms with van der Waals surface area (Å²) in [4.78, 5) is 21.9. The van der Waals surface area contributed by atoms with Gasteiger partial charge in [0.25, 0.3) is 5.91 Å². The van der Waals surface area contributed by atoms with E-state index in [-0.39, 0.29) is 11.8 Å². The molecule has 2 aliphatic rings. The first-order chi connectivity index (χ1) is 15.1. The van der Waals surface area contributed by atoms with E-state index < -0.39 is 12.2 Å². The Morgan fingerprint density at radius 1 is 1.29 bits per heavy atom. The molecule has 31 heavy (non-hydrogen) atoms. The zero-order chi connectivity index (χ0) is 21.4. The lowest BCUT2D eigenvalue weighted by Gasteiger charge is -2.22. The summed E-state index contributed by atoms with van der Waals surface area (Å²) < 4.78 is 20.3. The molecule has 3 N–H and O–H groups in total. The average molecular weight is 425 g/mol. The van der Waals surface area contributed by atoms with Crippen molar-refractivity contribution >= 4 is 29.0 Å². The van der Waals surface area contributed by atoms with E-state index in [1.165, 1.54) is 6.20 Å². The van der Waals surface area contributed by atoms with Crippen molar-refractivity contribution in [3.63, 3.8) is 0 Å². The van der Waals surface area contributed by atoms with Crippen molar-refractivity contribution in [1.82, 2.24) is 24.9 Å². The highest BCUT2D eigenvalue weighted by Gasteiger charge is 2.39. The number of rotatable bonds is 6. The Kier molecular flexibility index (Phi) is 5.14. The molecule has 1 amide bonds. The van der Waals surface area contributed by atoms with Crippen LogP contribution in [0.2, 0.25) is 0 Å². The molecule has 0 radical (unpaired) electrons. The first-order valence-corrected chi connectivity index (χ1v) is 10.5. The second-order valence-electron chi connectivity index (χ2n) is 7.89. The molecule has 1 saturated heterocycles. The quantitative estimate of drug-likeness (QED) is 0.558. The molecule has 3 aromatic heterocycles. The number of halogens is 1. The van der Waals surface area contributed by atoms with Crippen molar-refractivity contribution in [2.75, 3.05) is 30.9 Å². The van der Waals surface area contributed by atoms with Gasteiger partial charge in [0.15, 0.2) is 5.65 Å². The van der Waals surface area contributed by atoms with E-state index in [9.17, 15) is 9.18 Å². The van der Waals surface area contributed by atoms with E-state index in [2.05, 4.69) is 26.0 Å². The van der Waals surface area contributed by atoms with Gasteiger partial charge in [-0.25, -0.2) is 14.4 Å². The van der Waals surface area contributed by atoms with Crippen LogP contribution in [0, 0.1) is 0 Å². The SMILES string of the molecule is CNc1cc(Nc2cccc(C3CCCOC3)n2)nc2c(C(=O)N[C@@H]3C[C@@H]3F)cnn12. The Balaban J connectivity index is 1.43. The molecule has 1 saturated carbocycles. The van der Waals surface area contributed by atoms with Crippen molar-refractivity contribution in [3.8, 4) is 0 Å². The van der Waals surface area contributed by atoms with Gasteiger partial charge in [-0.05, 0) is 25.0 Å². The van der Waals surface area contributed by atoms with Crippen molar-refractivity contribution in [2.45, 2.75) is 37.4 Å². The number of hydrogen-bond acceptors (Lipinski definition) is 7. The third-order valence-electron chi connectivity index (χ3n) is 5.61. The Hall–Kier alpha value is -3.27. The summed E-state index contributed by atoms with van der Waals surface area (Å²) in [5.41, 5.74) is 1.65. The number of fused-ring (bicyclic) bond motifs is 1. The van der Waals surface area contributed by atoms with Gasteiger partial charge >= 0.3 is 0 Å². The number of alkyl halides is 1. The van der Waals surface area contributed by atoms with E-state index in [0.717, 1.165) is 25.1 Å². The van der Waals surface area contributed by atoms with Gasteiger partial charge in [0, 0.05) is 37.8 Å². The molecule has 0 aromatic carbocycles. The highest BCUT2D eigenvalue weighted by molar-refractivity contribution is 6.00.